The molecule has 0 aromatic carbocycles. The number of nitrogens with one attached hydrogen (secondary N) is 1. The number of amides is 1. The Morgan fingerprint density at radius 2 is 1.47 bits per heavy atom. The average molecular weight is 269 g/mol. The predicted octanol–water partition coefficient (Wildman–Crippen LogP) is 4.93. The summed E-state index contributed by atoms with van der Waals surface area (Å²) >= 11 is 0. The summed E-state index contributed by atoms with van der Waals surface area (Å²) in [5, 5.41) is 2.77. The Bertz CT molecular complexity index is 215. The maximum absolute atomic E-state index is 11.6. The molecule has 0 spiro atoms. The van der Waals surface area contributed by atoms with Gasteiger partial charge in [-0.25, -0.2) is 0 Å². The molecule has 0 saturated heterocycles. The molecule has 0 fully saturated rings. The molecule has 0 radical (unpaired) electrons. The van der Waals surface area contributed by atoms with Crippen LogP contribution in [0.4, 0.5) is 0 Å². The molecule has 0 aliphatic carbocycles. The first-order valence-corrected chi connectivity index (χ1v) is 8.37. The van der Waals surface area contributed by atoms with Gasteiger partial charge in [-0.2, -0.15) is 0 Å². The number of hydrogen-bond acceptors (Lipinski definition) is 1. The van der Waals surface area contributed by atoms with Crippen LogP contribution in [0.3, 0.4) is 0 Å². The Labute approximate surface area is 120 Å². The maximum atomic E-state index is 11.6. The average Bonchev–Trinajstić information content (AvgIpc) is 2.42. The first kappa shape index (κ1) is 18.5. The molecule has 0 aliphatic heterocycles. The fourth-order valence-corrected chi connectivity index (χ4v) is 2.78. The molecule has 0 aromatic rings. The van der Waals surface area contributed by atoms with Gasteiger partial charge in [0.1, 0.15) is 0 Å². The smallest absolute Gasteiger partial charge is 0.222 e. The summed E-state index contributed by atoms with van der Waals surface area (Å²) in [4.78, 5) is 11.6. The number of unbranched alkanes of at least 4 members (excludes halogenated alkanes) is 5. The van der Waals surface area contributed by atoms with Crippen molar-refractivity contribution in [2.75, 3.05) is 7.05 Å². The van der Waals surface area contributed by atoms with Gasteiger partial charge in [0.05, 0.1) is 0 Å². The summed E-state index contributed by atoms with van der Waals surface area (Å²) in [5.41, 5.74) is 0. The van der Waals surface area contributed by atoms with Gasteiger partial charge >= 0.3 is 0 Å². The predicted molar refractivity (Wildman–Crippen MR) is 84.2 cm³/mol. The molecule has 1 unspecified atom stereocenters. The van der Waals surface area contributed by atoms with Crippen LogP contribution in [0.1, 0.15) is 85.0 Å². The van der Waals surface area contributed by atoms with Crippen LogP contribution in [0.2, 0.25) is 0 Å². The molecule has 0 aliphatic rings. The zero-order valence-corrected chi connectivity index (χ0v) is 13.6. The van der Waals surface area contributed by atoms with Gasteiger partial charge in [0.25, 0.3) is 0 Å². The summed E-state index contributed by atoms with van der Waals surface area (Å²) in [5.74, 6) is 1.12. The van der Waals surface area contributed by atoms with Crippen LogP contribution in [0, 0.1) is 11.8 Å². The van der Waals surface area contributed by atoms with Crippen LogP contribution in [0.15, 0.2) is 0 Å². The zero-order valence-electron chi connectivity index (χ0n) is 13.6. The second kappa shape index (κ2) is 12.5. The quantitative estimate of drug-likeness (QED) is 0.500. The summed E-state index contributed by atoms with van der Waals surface area (Å²) in [6.07, 6.45) is 13.0. The second-order valence-corrected chi connectivity index (χ2v) is 5.96. The number of carbonyl (C=O) groups excluding carboxylic acids is 1. The summed E-state index contributed by atoms with van der Waals surface area (Å²) in [7, 11) is 1.74. The minimum absolute atomic E-state index is 0.169. The lowest BCUT2D eigenvalue weighted by molar-refractivity contribution is -0.124. The molecule has 0 bridgehead atoms. The maximum Gasteiger partial charge on any atom is 0.222 e. The van der Waals surface area contributed by atoms with Crippen LogP contribution < -0.4 is 5.32 Å². The van der Waals surface area contributed by atoms with Crippen molar-refractivity contribution in [2.45, 2.75) is 85.0 Å². The molecule has 0 rings (SSSR count). The molecular weight excluding hydrogens is 234 g/mol. The Morgan fingerprint density at radius 1 is 0.947 bits per heavy atom. The molecule has 2 nitrogen and oxygen atoms in total. The van der Waals surface area contributed by atoms with Crippen LogP contribution in [-0.4, -0.2) is 13.0 Å². The highest BCUT2D eigenvalue weighted by molar-refractivity contribution is 5.77. The number of hydrogen-bond donors (Lipinski definition) is 1. The number of carbonyl (C=O) groups is 1. The molecule has 0 saturated carbocycles. The Kier molecular flexibility index (Phi) is 12.2. The van der Waals surface area contributed by atoms with E-state index in [4.69, 9.17) is 0 Å². The van der Waals surface area contributed by atoms with Crippen molar-refractivity contribution in [2.24, 2.45) is 11.8 Å². The first-order valence-electron chi connectivity index (χ1n) is 8.37. The van der Waals surface area contributed by atoms with Crippen molar-refractivity contribution in [3.63, 3.8) is 0 Å². The van der Waals surface area contributed by atoms with Gasteiger partial charge < -0.3 is 5.32 Å². The fraction of sp³-hybridized carbons (Fsp3) is 0.941. The van der Waals surface area contributed by atoms with E-state index in [0.717, 1.165) is 12.3 Å². The van der Waals surface area contributed by atoms with E-state index in [9.17, 15) is 4.79 Å². The summed E-state index contributed by atoms with van der Waals surface area (Å²) in [6, 6.07) is 0. The Balaban J connectivity index is 4.04. The molecule has 1 amide bonds. The van der Waals surface area contributed by atoms with Crippen LogP contribution in [0.5, 0.6) is 0 Å². The largest absolute Gasteiger partial charge is 0.359 e. The molecule has 19 heavy (non-hydrogen) atoms. The standard InChI is InChI=1S/C17H35NO/c1-5-7-9-11-13-16(12-10-8-6-2)14-15(3)17(19)18-4/h15-16H,5-14H2,1-4H3,(H,18,19)/t15-,16?/m1/s1. The van der Waals surface area contributed by atoms with Gasteiger partial charge in [-0.05, 0) is 12.3 Å². The van der Waals surface area contributed by atoms with Crippen molar-refractivity contribution in [1.82, 2.24) is 5.32 Å². The molecule has 1 N–H and O–H groups in total. The van der Waals surface area contributed by atoms with Crippen molar-refractivity contribution in [3.05, 3.63) is 0 Å². The molecule has 2 heteroatoms. The normalized spacial score (nSPS) is 14.1. The minimum atomic E-state index is 0.169. The highest BCUT2D eigenvalue weighted by atomic mass is 16.1. The van der Waals surface area contributed by atoms with Crippen molar-refractivity contribution < 1.29 is 4.79 Å². The zero-order chi connectivity index (χ0) is 14.5. The number of rotatable bonds is 12. The molecule has 0 aromatic heterocycles. The van der Waals surface area contributed by atoms with Crippen molar-refractivity contribution >= 4 is 5.91 Å². The van der Waals surface area contributed by atoms with E-state index in [1.165, 1.54) is 57.8 Å². The molecular formula is C17H35NO. The van der Waals surface area contributed by atoms with E-state index in [2.05, 4.69) is 26.1 Å². The Morgan fingerprint density at radius 3 is 2.00 bits per heavy atom. The fourth-order valence-electron chi connectivity index (χ4n) is 2.78. The van der Waals surface area contributed by atoms with Gasteiger partial charge in [-0.3, -0.25) is 4.79 Å². The van der Waals surface area contributed by atoms with Crippen LogP contribution >= 0.6 is 0 Å². The molecule has 2 atom stereocenters. The molecule has 0 heterocycles. The lowest BCUT2D eigenvalue weighted by Crippen LogP contribution is -2.27. The van der Waals surface area contributed by atoms with E-state index < -0.39 is 0 Å². The first-order chi connectivity index (χ1) is 9.15. The van der Waals surface area contributed by atoms with E-state index in [0.29, 0.717) is 0 Å². The van der Waals surface area contributed by atoms with E-state index in [1.807, 2.05) is 0 Å². The van der Waals surface area contributed by atoms with E-state index >= 15 is 0 Å². The van der Waals surface area contributed by atoms with E-state index in [1.54, 1.807) is 7.05 Å². The van der Waals surface area contributed by atoms with Crippen LogP contribution in [0.25, 0.3) is 0 Å². The van der Waals surface area contributed by atoms with Crippen LogP contribution in [-0.2, 0) is 4.79 Å². The molecule has 114 valence electrons. The topological polar surface area (TPSA) is 29.1 Å². The third kappa shape index (κ3) is 9.98. The second-order valence-electron chi connectivity index (χ2n) is 5.96. The van der Waals surface area contributed by atoms with Gasteiger partial charge in [-0.1, -0.05) is 78.6 Å². The lowest BCUT2D eigenvalue weighted by Gasteiger charge is -2.20. The van der Waals surface area contributed by atoms with Crippen molar-refractivity contribution in [1.29, 1.82) is 0 Å². The Hall–Kier alpha value is -0.530. The van der Waals surface area contributed by atoms with Gasteiger partial charge in [-0.15, -0.1) is 0 Å². The van der Waals surface area contributed by atoms with Gasteiger partial charge in [0.2, 0.25) is 5.91 Å². The van der Waals surface area contributed by atoms with Gasteiger partial charge in [0, 0.05) is 13.0 Å². The lowest BCUT2D eigenvalue weighted by atomic mass is 9.86. The SMILES string of the molecule is CCCCCCC(CCCCC)C[C@@H](C)C(=O)NC. The van der Waals surface area contributed by atoms with E-state index in [-0.39, 0.29) is 11.8 Å². The minimum Gasteiger partial charge on any atom is -0.359 e. The monoisotopic (exact) mass is 269 g/mol. The summed E-state index contributed by atoms with van der Waals surface area (Å²) in [6.45, 7) is 6.58. The highest BCUT2D eigenvalue weighted by Gasteiger charge is 2.17. The summed E-state index contributed by atoms with van der Waals surface area (Å²) < 4.78 is 0. The highest BCUT2D eigenvalue weighted by Crippen LogP contribution is 2.24. The van der Waals surface area contributed by atoms with Crippen molar-refractivity contribution in [3.8, 4) is 0 Å². The third-order valence-corrected chi connectivity index (χ3v) is 4.06. The van der Waals surface area contributed by atoms with Gasteiger partial charge in [0.15, 0.2) is 0 Å². The third-order valence-electron chi connectivity index (χ3n) is 4.06.